The molecule has 0 aliphatic carbocycles. The van der Waals surface area contributed by atoms with Crippen LogP contribution in [0.5, 0.6) is 11.5 Å². The molecule has 110 valence electrons. The molecule has 0 saturated heterocycles. The Labute approximate surface area is 130 Å². The highest BCUT2D eigenvalue weighted by molar-refractivity contribution is 7.98. The highest BCUT2D eigenvalue weighted by Crippen LogP contribution is 2.42. The first-order valence-electron chi connectivity index (χ1n) is 7.48. The number of hydrogen-bond acceptors (Lipinski definition) is 3. The molecule has 1 N–H and O–H groups in total. The zero-order valence-corrected chi connectivity index (χ0v) is 13.2. The lowest BCUT2D eigenvalue weighted by molar-refractivity contribution is 0.427. The normalized spacial score (nSPS) is 13.4. The lowest BCUT2D eigenvalue weighted by atomic mass is 9.94. The van der Waals surface area contributed by atoms with E-state index < -0.39 is 0 Å². The van der Waals surface area contributed by atoms with Gasteiger partial charge in [0.1, 0.15) is 11.5 Å². The summed E-state index contributed by atoms with van der Waals surface area (Å²) in [6, 6.07) is 16.9. The van der Waals surface area contributed by atoms with E-state index in [2.05, 4.69) is 35.8 Å². The van der Waals surface area contributed by atoms with Gasteiger partial charge in [0, 0.05) is 11.1 Å². The average Bonchev–Trinajstić information content (AvgIpc) is 2.53. The van der Waals surface area contributed by atoms with E-state index in [1.165, 1.54) is 29.7 Å². The molecule has 0 amide bonds. The smallest absolute Gasteiger partial charge is 0.132 e. The Morgan fingerprint density at radius 3 is 2.19 bits per heavy atom. The van der Waals surface area contributed by atoms with Crippen LogP contribution in [0.1, 0.15) is 30.0 Å². The molecule has 0 spiro atoms. The van der Waals surface area contributed by atoms with Gasteiger partial charge in [-0.1, -0.05) is 36.4 Å². The number of unbranched alkanes of at least 4 members (excludes halogenated alkanes) is 1. The standard InChI is InChI=1S/C18H21NOS/c1-21-13-7-6-12-19-18-14-8-2-4-10-16(14)20-17-11-5-3-9-15(17)18/h2-5,8-11,18-19H,6-7,12-13H2,1H3. The second kappa shape index (κ2) is 7.01. The molecule has 0 fully saturated rings. The zero-order chi connectivity index (χ0) is 14.5. The highest BCUT2D eigenvalue weighted by Gasteiger charge is 2.25. The summed E-state index contributed by atoms with van der Waals surface area (Å²) in [6.45, 7) is 1.04. The summed E-state index contributed by atoms with van der Waals surface area (Å²) in [4.78, 5) is 0. The maximum atomic E-state index is 6.01. The van der Waals surface area contributed by atoms with E-state index in [1.807, 2.05) is 36.0 Å². The fourth-order valence-electron chi connectivity index (χ4n) is 2.75. The lowest BCUT2D eigenvalue weighted by Gasteiger charge is -2.29. The van der Waals surface area contributed by atoms with E-state index in [4.69, 9.17) is 4.74 Å². The lowest BCUT2D eigenvalue weighted by Crippen LogP contribution is -2.26. The number of nitrogens with one attached hydrogen (secondary N) is 1. The van der Waals surface area contributed by atoms with Crippen LogP contribution >= 0.6 is 11.8 Å². The number of rotatable bonds is 6. The van der Waals surface area contributed by atoms with Gasteiger partial charge in [-0.25, -0.2) is 0 Å². The van der Waals surface area contributed by atoms with Crippen molar-refractivity contribution in [2.45, 2.75) is 18.9 Å². The highest BCUT2D eigenvalue weighted by atomic mass is 32.2. The van der Waals surface area contributed by atoms with Crippen molar-refractivity contribution >= 4 is 11.8 Å². The van der Waals surface area contributed by atoms with Gasteiger partial charge in [0.2, 0.25) is 0 Å². The molecule has 1 aliphatic rings. The Hall–Kier alpha value is -1.45. The third kappa shape index (κ3) is 3.25. The number of benzene rings is 2. The first-order chi connectivity index (χ1) is 10.4. The fourth-order valence-corrected chi connectivity index (χ4v) is 3.24. The molecule has 2 aromatic rings. The van der Waals surface area contributed by atoms with Crippen LogP contribution in [0.2, 0.25) is 0 Å². The number of para-hydroxylation sites is 2. The van der Waals surface area contributed by atoms with E-state index in [-0.39, 0.29) is 6.04 Å². The maximum absolute atomic E-state index is 6.01. The molecule has 2 aromatic carbocycles. The zero-order valence-electron chi connectivity index (χ0n) is 12.3. The predicted octanol–water partition coefficient (Wildman–Crippen LogP) is 4.61. The molecule has 0 bridgehead atoms. The second-order valence-electron chi connectivity index (χ2n) is 5.26. The summed E-state index contributed by atoms with van der Waals surface area (Å²) >= 11 is 1.92. The van der Waals surface area contributed by atoms with Crippen LogP contribution in [0.25, 0.3) is 0 Å². The van der Waals surface area contributed by atoms with Crippen molar-refractivity contribution in [3.8, 4) is 11.5 Å². The van der Waals surface area contributed by atoms with E-state index in [1.54, 1.807) is 0 Å². The predicted molar refractivity (Wildman–Crippen MR) is 90.4 cm³/mol. The Balaban J connectivity index is 1.78. The quantitative estimate of drug-likeness (QED) is 0.787. The summed E-state index contributed by atoms with van der Waals surface area (Å²) in [5.41, 5.74) is 2.47. The molecular formula is C18H21NOS. The number of fused-ring (bicyclic) bond motifs is 2. The van der Waals surface area contributed by atoms with Crippen LogP contribution in [0.3, 0.4) is 0 Å². The molecule has 1 aliphatic heterocycles. The maximum Gasteiger partial charge on any atom is 0.132 e. The van der Waals surface area contributed by atoms with Crippen LogP contribution in [-0.2, 0) is 0 Å². The molecule has 0 radical (unpaired) electrons. The van der Waals surface area contributed by atoms with Crippen molar-refractivity contribution in [1.82, 2.24) is 5.32 Å². The Bertz CT molecular complexity index is 554. The van der Waals surface area contributed by atoms with E-state index >= 15 is 0 Å². The molecule has 3 heteroatoms. The van der Waals surface area contributed by atoms with Gasteiger partial charge >= 0.3 is 0 Å². The number of hydrogen-bond donors (Lipinski definition) is 1. The molecule has 2 nitrogen and oxygen atoms in total. The van der Waals surface area contributed by atoms with Gasteiger partial charge < -0.3 is 10.1 Å². The minimum absolute atomic E-state index is 0.237. The molecule has 0 saturated carbocycles. The van der Waals surface area contributed by atoms with E-state index in [0.717, 1.165) is 18.0 Å². The Morgan fingerprint density at radius 1 is 0.952 bits per heavy atom. The summed E-state index contributed by atoms with van der Waals surface area (Å²) in [5, 5.41) is 3.70. The molecule has 0 unspecified atom stereocenters. The third-order valence-electron chi connectivity index (χ3n) is 3.80. The van der Waals surface area contributed by atoms with Gasteiger partial charge in [-0.15, -0.1) is 0 Å². The van der Waals surface area contributed by atoms with E-state index in [0.29, 0.717) is 0 Å². The minimum Gasteiger partial charge on any atom is -0.457 e. The van der Waals surface area contributed by atoms with Gasteiger partial charge in [-0.3, -0.25) is 0 Å². The van der Waals surface area contributed by atoms with Gasteiger partial charge in [0.15, 0.2) is 0 Å². The molecular weight excluding hydrogens is 278 g/mol. The summed E-state index contributed by atoms with van der Waals surface area (Å²) in [6.07, 6.45) is 4.64. The molecule has 1 heterocycles. The van der Waals surface area contributed by atoms with Crippen molar-refractivity contribution in [1.29, 1.82) is 0 Å². The van der Waals surface area contributed by atoms with Gasteiger partial charge in [0.05, 0.1) is 6.04 Å². The van der Waals surface area contributed by atoms with Crippen LogP contribution in [0.15, 0.2) is 48.5 Å². The summed E-state index contributed by atoms with van der Waals surface area (Å²) < 4.78 is 6.01. The van der Waals surface area contributed by atoms with Crippen molar-refractivity contribution < 1.29 is 4.74 Å². The average molecular weight is 299 g/mol. The number of thioether (sulfide) groups is 1. The topological polar surface area (TPSA) is 21.3 Å². The fraction of sp³-hybridized carbons (Fsp3) is 0.333. The molecule has 3 rings (SSSR count). The van der Waals surface area contributed by atoms with Gasteiger partial charge in [-0.05, 0) is 43.5 Å². The Morgan fingerprint density at radius 2 is 1.57 bits per heavy atom. The molecule has 21 heavy (non-hydrogen) atoms. The van der Waals surface area contributed by atoms with Crippen LogP contribution in [0, 0.1) is 0 Å². The first-order valence-corrected chi connectivity index (χ1v) is 8.87. The number of ether oxygens (including phenoxy) is 1. The third-order valence-corrected chi connectivity index (χ3v) is 4.50. The monoisotopic (exact) mass is 299 g/mol. The van der Waals surface area contributed by atoms with Crippen molar-refractivity contribution in [2.24, 2.45) is 0 Å². The second-order valence-corrected chi connectivity index (χ2v) is 6.25. The van der Waals surface area contributed by atoms with E-state index in [9.17, 15) is 0 Å². The summed E-state index contributed by atoms with van der Waals surface area (Å²) in [5.74, 6) is 3.18. The molecule has 0 aromatic heterocycles. The largest absolute Gasteiger partial charge is 0.457 e. The SMILES string of the molecule is CSCCCCNC1c2ccccc2Oc2ccccc21. The van der Waals surface area contributed by atoms with Crippen LogP contribution in [0.4, 0.5) is 0 Å². The molecule has 0 atom stereocenters. The van der Waals surface area contributed by atoms with Crippen LogP contribution in [-0.4, -0.2) is 18.6 Å². The first kappa shape index (κ1) is 14.5. The van der Waals surface area contributed by atoms with Crippen molar-refractivity contribution in [2.75, 3.05) is 18.6 Å². The van der Waals surface area contributed by atoms with Crippen molar-refractivity contribution in [3.63, 3.8) is 0 Å². The van der Waals surface area contributed by atoms with Crippen molar-refractivity contribution in [3.05, 3.63) is 59.7 Å². The summed E-state index contributed by atoms with van der Waals surface area (Å²) in [7, 11) is 0. The minimum atomic E-state index is 0.237. The Kier molecular flexibility index (Phi) is 4.84. The van der Waals surface area contributed by atoms with Gasteiger partial charge in [0.25, 0.3) is 0 Å². The van der Waals surface area contributed by atoms with Gasteiger partial charge in [-0.2, -0.15) is 11.8 Å². The van der Waals surface area contributed by atoms with Crippen LogP contribution < -0.4 is 10.1 Å².